The molecule has 1 unspecified atom stereocenters. The minimum Gasteiger partial charge on any atom is -0.350 e. The summed E-state index contributed by atoms with van der Waals surface area (Å²) in [7, 11) is -2.53. The van der Waals surface area contributed by atoms with Crippen molar-refractivity contribution in [2.24, 2.45) is 0 Å². The monoisotopic (exact) mass is 523 g/mol. The van der Waals surface area contributed by atoms with E-state index in [1.807, 2.05) is 82.3 Å². The molecule has 0 aliphatic carbocycles. The van der Waals surface area contributed by atoms with E-state index >= 15 is 0 Å². The van der Waals surface area contributed by atoms with Crippen LogP contribution in [0.1, 0.15) is 39.7 Å². The van der Waals surface area contributed by atoms with E-state index in [1.165, 1.54) is 11.9 Å². The Balaban J connectivity index is 1.84. The standard InChI is InChI=1S/C29H37N3O4S/c1-6-26(28(34)30-29(2,3)4)32(19-18-22-12-8-7-9-13-22)27(33)21-31(5)37(35,36)25-17-16-23-14-10-11-15-24(23)20-25/h7-17,20,26H,6,18-19,21H2,1-5H3,(H,30,34). The van der Waals surface area contributed by atoms with E-state index in [0.717, 1.165) is 20.6 Å². The number of hydrogen-bond donors (Lipinski definition) is 1. The first-order valence-electron chi connectivity index (χ1n) is 12.5. The van der Waals surface area contributed by atoms with Gasteiger partial charge >= 0.3 is 0 Å². The normalized spacial score (nSPS) is 12.9. The van der Waals surface area contributed by atoms with Crippen LogP contribution in [0.15, 0.2) is 77.7 Å². The van der Waals surface area contributed by atoms with Crippen molar-refractivity contribution < 1.29 is 18.0 Å². The number of carbonyl (C=O) groups is 2. The summed E-state index contributed by atoms with van der Waals surface area (Å²) < 4.78 is 27.8. The summed E-state index contributed by atoms with van der Waals surface area (Å²) in [4.78, 5) is 28.3. The van der Waals surface area contributed by atoms with Crippen molar-refractivity contribution in [3.63, 3.8) is 0 Å². The van der Waals surface area contributed by atoms with Gasteiger partial charge in [-0.05, 0) is 62.1 Å². The van der Waals surface area contributed by atoms with Crippen LogP contribution in [0.5, 0.6) is 0 Å². The van der Waals surface area contributed by atoms with Gasteiger partial charge in [0.15, 0.2) is 0 Å². The Kier molecular flexibility index (Phi) is 9.10. The van der Waals surface area contributed by atoms with Gasteiger partial charge in [-0.15, -0.1) is 0 Å². The molecule has 0 radical (unpaired) electrons. The van der Waals surface area contributed by atoms with E-state index in [4.69, 9.17) is 0 Å². The van der Waals surface area contributed by atoms with Crippen molar-refractivity contribution in [2.75, 3.05) is 20.1 Å². The number of sulfonamides is 1. The Morgan fingerprint density at radius 2 is 1.54 bits per heavy atom. The van der Waals surface area contributed by atoms with Gasteiger partial charge in [0, 0.05) is 19.1 Å². The maximum absolute atomic E-state index is 13.6. The number of hydrogen-bond acceptors (Lipinski definition) is 4. The largest absolute Gasteiger partial charge is 0.350 e. The smallest absolute Gasteiger partial charge is 0.243 e. The molecule has 0 fully saturated rings. The fraction of sp³-hybridized carbons (Fsp3) is 0.379. The van der Waals surface area contributed by atoms with Crippen LogP contribution in [-0.2, 0) is 26.0 Å². The van der Waals surface area contributed by atoms with Gasteiger partial charge in [-0.2, -0.15) is 4.31 Å². The molecule has 0 saturated heterocycles. The van der Waals surface area contributed by atoms with E-state index in [9.17, 15) is 18.0 Å². The molecule has 0 aromatic heterocycles. The molecule has 37 heavy (non-hydrogen) atoms. The molecule has 8 heteroatoms. The van der Waals surface area contributed by atoms with Gasteiger partial charge in [-0.25, -0.2) is 8.42 Å². The van der Waals surface area contributed by atoms with Crippen LogP contribution in [0.2, 0.25) is 0 Å². The van der Waals surface area contributed by atoms with Gasteiger partial charge < -0.3 is 10.2 Å². The van der Waals surface area contributed by atoms with Gasteiger partial charge in [0.2, 0.25) is 21.8 Å². The lowest BCUT2D eigenvalue weighted by Crippen LogP contribution is -2.55. The Morgan fingerprint density at radius 1 is 0.919 bits per heavy atom. The Bertz CT molecular complexity index is 1330. The summed E-state index contributed by atoms with van der Waals surface area (Å²) in [5.41, 5.74) is 0.568. The highest BCUT2D eigenvalue weighted by Crippen LogP contribution is 2.22. The van der Waals surface area contributed by atoms with Crippen LogP contribution in [-0.4, -0.2) is 61.2 Å². The van der Waals surface area contributed by atoms with E-state index < -0.39 is 27.5 Å². The summed E-state index contributed by atoms with van der Waals surface area (Å²) >= 11 is 0. The third-order valence-electron chi connectivity index (χ3n) is 6.16. The van der Waals surface area contributed by atoms with Crippen LogP contribution in [0.3, 0.4) is 0 Å². The zero-order valence-electron chi connectivity index (χ0n) is 22.3. The number of benzene rings is 3. The highest BCUT2D eigenvalue weighted by molar-refractivity contribution is 7.89. The Morgan fingerprint density at radius 3 is 2.16 bits per heavy atom. The predicted octanol–water partition coefficient (Wildman–Crippen LogP) is 4.22. The average Bonchev–Trinajstić information content (AvgIpc) is 2.85. The summed E-state index contributed by atoms with van der Waals surface area (Å²) in [5, 5.41) is 4.70. The van der Waals surface area contributed by atoms with Gasteiger partial charge in [0.05, 0.1) is 11.4 Å². The molecule has 3 rings (SSSR count). The highest BCUT2D eigenvalue weighted by atomic mass is 32.2. The molecular formula is C29H37N3O4S. The van der Waals surface area contributed by atoms with Gasteiger partial charge in [-0.3, -0.25) is 9.59 Å². The van der Waals surface area contributed by atoms with Crippen molar-refractivity contribution in [2.45, 2.75) is 57.0 Å². The zero-order valence-corrected chi connectivity index (χ0v) is 23.1. The molecule has 3 aromatic rings. The maximum atomic E-state index is 13.6. The third-order valence-corrected chi connectivity index (χ3v) is 7.95. The Hall–Kier alpha value is -3.23. The second-order valence-corrected chi connectivity index (χ2v) is 12.3. The topological polar surface area (TPSA) is 86.8 Å². The van der Waals surface area contributed by atoms with Crippen molar-refractivity contribution in [3.05, 3.63) is 78.4 Å². The molecule has 3 aromatic carbocycles. The molecule has 2 amide bonds. The van der Waals surface area contributed by atoms with Crippen molar-refractivity contribution in [3.8, 4) is 0 Å². The molecule has 0 aliphatic rings. The number of fused-ring (bicyclic) bond motifs is 1. The van der Waals surface area contributed by atoms with Gasteiger partial charge in [0.1, 0.15) is 6.04 Å². The lowest BCUT2D eigenvalue weighted by Gasteiger charge is -2.34. The second kappa shape index (κ2) is 11.9. The number of rotatable bonds is 10. The lowest BCUT2D eigenvalue weighted by atomic mass is 10.1. The molecule has 0 saturated carbocycles. The predicted molar refractivity (Wildman–Crippen MR) is 148 cm³/mol. The van der Waals surface area contributed by atoms with E-state index in [2.05, 4.69) is 5.32 Å². The van der Waals surface area contributed by atoms with Crippen molar-refractivity contribution >= 4 is 32.6 Å². The number of nitrogens with one attached hydrogen (secondary N) is 1. The number of likely N-dealkylation sites (N-methyl/N-ethyl adjacent to an activating group) is 1. The minimum atomic E-state index is -3.92. The summed E-state index contributed by atoms with van der Waals surface area (Å²) in [6, 6.07) is 21.4. The zero-order chi connectivity index (χ0) is 27.2. The molecule has 0 heterocycles. The first kappa shape index (κ1) is 28.3. The third kappa shape index (κ3) is 7.40. The fourth-order valence-corrected chi connectivity index (χ4v) is 5.38. The van der Waals surface area contributed by atoms with Crippen LogP contribution in [0.25, 0.3) is 10.8 Å². The first-order chi connectivity index (χ1) is 17.4. The van der Waals surface area contributed by atoms with E-state index in [0.29, 0.717) is 19.4 Å². The summed E-state index contributed by atoms with van der Waals surface area (Å²) in [5.74, 6) is -0.671. The summed E-state index contributed by atoms with van der Waals surface area (Å²) in [6.07, 6.45) is 0.955. The van der Waals surface area contributed by atoms with Crippen molar-refractivity contribution in [1.29, 1.82) is 0 Å². The molecule has 0 spiro atoms. The number of nitrogens with zero attached hydrogens (tertiary/aromatic N) is 2. The molecule has 1 N–H and O–H groups in total. The van der Waals surface area contributed by atoms with Gasteiger partial charge in [0.25, 0.3) is 0 Å². The number of carbonyl (C=O) groups excluding carboxylic acids is 2. The lowest BCUT2D eigenvalue weighted by molar-refractivity contribution is -0.141. The average molecular weight is 524 g/mol. The van der Waals surface area contributed by atoms with Crippen LogP contribution in [0.4, 0.5) is 0 Å². The SMILES string of the molecule is CCC(C(=O)NC(C)(C)C)N(CCc1ccccc1)C(=O)CN(C)S(=O)(=O)c1ccc2ccccc2c1. The molecule has 198 valence electrons. The number of amides is 2. The molecule has 1 atom stereocenters. The maximum Gasteiger partial charge on any atom is 0.243 e. The molecule has 7 nitrogen and oxygen atoms in total. The fourth-order valence-electron chi connectivity index (χ4n) is 4.22. The van der Waals surface area contributed by atoms with Crippen molar-refractivity contribution in [1.82, 2.24) is 14.5 Å². The van der Waals surface area contributed by atoms with E-state index in [1.54, 1.807) is 18.2 Å². The minimum absolute atomic E-state index is 0.120. The van der Waals surface area contributed by atoms with Crippen LogP contribution < -0.4 is 5.32 Å². The quantitative estimate of drug-likeness (QED) is 0.431. The van der Waals surface area contributed by atoms with Gasteiger partial charge in [-0.1, -0.05) is 67.6 Å². The van der Waals surface area contributed by atoms with Crippen LogP contribution >= 0.6 is 0 Å². The second-order valence-electron chi connectivity index (χ2n) is 10.3. The van der Waals surface area contributed by atoms with E-state index in [-0.39, 0.29) is 17.3 Å². The molecule has 0 bridgehead atoms. The molecular weight excluding hydrogens is 486 g/mol. The summed E-state index contributed by atoms with van der Waals surface area (Å²) in [6.45, 7) is 7.43. The Labute approximate surface area is 220 Å². The van der Waals surface area contributed by atoms with Crippen LogP contribution in [0, 0.1) is 0 Å². The highest BCUT2D eigenvalue weighted by Gasteiger charge is 2.32. The first-order valence-corrected chi connectivity index (χ1v) is 14.0. The molecule has 0 aliphatic heterocycles.